The van der Waals surface area contributed by atoms with E-state index >= 15 is 0 Å². The van der Waals surface area contributed by atoms with Gasteiger partial charge in [0.25, 0.3) is 5.91 Å². The Hall–Kier alpha value is -2.03. The van der Waals surface area contributed by atoms with Gasteiger partial charge in [-0.3, -0.25) is 4.79 Å². The molecule has 0 unspecified atom stereocenters. The van der Waals surface area contributed by atoms with Gasteiger partial charge in [-0.15, -0.1) is 0 Å². The van der Waals surface area contributed by atoms with Crippen molar-refractivity contribution in [3.63, 3.8) is 0 Å². The number of aryl methyl sites for hydroxylation is 1. The number of halogens is 4. The molecule has 1 aromatic heterocycles. The van der Waals surface area contributed by atoms with Crippen LogP contribution in [0.3, 0.4) is 0 Å². The van der Waals surface area contributed by atoms with Crippen LogP contribution in [0.15, 0.2) is 23.2 Å². The first-order valence-electron chi connectivity index (χ1n) is 8.47. The molecule has 1 amide bonds. The standard InChI is InChI=1S/C18H21F4N3OS/c1-5-6-9-25-16(27-15(24-25)17(2,3)4)23-14(26)12-8-7-11(10-13(12)19)18(20,21)22/h7-8,10H,5-6,9H2,1-4H3. The molecular weight excluding hydrogens is 382 g/mol. The summed E-state index contributed by atoms with van der Waals surface area (Å²) in [6.45, 7) is 8.47. The molecule has 1 aromatic carbocycles. The smallest absolute Gasteiger partial charge is 0.267 e. The van der Waals surface area contributed by atoms with Crippen LogP contribution >= 0.6 is 11.3 Å². The number of unbranched alkanes of at least 4 members (excludes halogenated alkanes) is 1. The molecule has 4 nitrogen and oxygen atoms in total. The third kappa shape index (κ3) is 5.24. The molecule has 0 spiro atoms. The van der Waals surface area contributed by atoms with Crippen LogP contribution in [0.5, 0.6) is 0 Å². The molecule has 0 radical (unpaired) electrons. The van der Waals surface area contributed by atoms with E-state index in [0.29, 0.717) is 23.5 Å². The third-order valence-electron chi connectivity index (χ3n) is 3.71. The van der Waals surface area contributed by atoms with Crippen molar-refractivity contribution in [1.29, 1.82) is 0 Å². The predicted molar refractivity (Wildman–Crippen MR) is 95.0 cm³/mol. The number of nitrogens with zero attached hydrogens (tertiary/aromatic N) is 3. The fraction of sp³-hybridized carbons (Fsp3) is 0.500. The second-order valence-electron chi connectivity index (χ2n) is 7.13. The summed E-state index contributed by atoms with van der Waals surface area (Å²) >= 11 is 1.22. The Morgan fingerprint density at radius 3 is 2.44 bits per heavy atom. The lowest BCUT2D eigenvalue weighted by Crippen LogP contribution is -2.19. The highest BCUT2D eigenvalue weighted by molar-refractivity contribution is 7.09. The summed E-state index contributed by atoms with van der Waals surface area (Å²) in [6.07, 6.45) is -2.94. The average Bonchev–Trinajstić information content (AvgIpc) is 2.94. The second-order valence-corrected chi connectivity index (χ2v) is 8.08. The largest absolute Gasteiger partial charge is 0.416 e. The Balaban J connectivity index is 2.45. The molecule has 0 atom stereocenters. The first-order valence-corrected chi connectivity index (χ1v) is 9.29. The van der Waals surface area contributed by atoms with Gasteiger partial charge in [0.2, 0.25) is 4.80 Å². The molecule has 2 aromatic rings. The summed E-state index contributed by atoms with van der Waals surface area (Å²) < 4.78 is 53.6. The molecule has 0 fully saturated rings. The lowest BCUT2D eigenvalue weighted by Gasteiger charge is -2.12. The van der Waals surface area contributed by atoms with Crippen LogP contribution in [0, 0.1) is 5.82 Å². The van der Waals surface area contributed by atoms with Gasteiger partial charge in [-0.25, -0.2) is 9.07 Å². The molecule has 0 saturated carbocycles. The van der Waals surface area contributed by atoms with Gasteiger partial charge in [-0.05, 0) is 24.6 Å². The van der Waals surface area contributed by atoms with Crippen LogP contribution in [0.2, 0.25) is 0 Å². The molecule has 27 heavy (non-hydrogen) atoms. The van der Waals surface area contributed by atoms with Gasteiger partial charge in [0.15, 0.2) is 0 Å². The van der Waals surface area contributed by atoms with E-state index < -0.39 is 29.0 Å². The molecule has 0 aliphatic carbocycles. The lowest BCUT2D eigenvalue weighted by molar-refractivity contribution is -0.137. The summed E-state index contributed by atoms with van der Waals surface area (Å²) in [4.78, 5) is 16.6. The van der Waals surface area contributed by atoms with Crippen molar-refractivity contribution >= 4 is 17.2 Å². The molecule has 0 N–H and O–H groups in total. The minimum absolute atomic E-state index is 0.255. The number of benzene rings is 1. The number of carbonyl (C=O) groups excluding carboxylic acids is 1. The maximum Gasteiger partial charge on any atom is 0.416 e. The highest BCUT2D eigenvalue weighted by atomic mass is 32.1. The van der Waals surface area contributed by atoms with E-state index in [1.54, 1.807) is 4.68 Å². The summed E-state index contributed by atoms with van der Waals surface area (Å²) in [5.74, 6) is -2.19. The van der Waals surface area contributed by atoms with Crippen molar-refractivity contribution in [2.75, 3.05) is 0 Å². The zero-order valence-electron chi connectivity index (χ0n) is 15.5. The Kier molecular flexibility index (Phi) is 6.24. The molecule has 148 valence electrons. The van der Waals surface area contributed by atoms with Crippen molar-refractivity contribution in [2.45, 2.75) is 58.7 Å². The van der Waals surface area contributed by atoms with Gasteiger partial charge >= 0.3 is 6.18 Å². The highest BCUT2D eigenvalue weighted by Gasteiger charge is 2.31. The fourth-order valence-corrected chi connectivity index (χ4v) is 3.15. The Morgan fingerprint density at radius 1 is 1.26 bits per heavy atom. The number of amides is 1. The van der Waals surface area contributed by atoms with Gasteiger partial charge in [0, 0.05) is 12.0 Å². The Labute approximate surface area is 158 Å². The Bertz CT molecular complexity index is 891. The molecule has 0 saturated heterocycles. The number of alkyl halides is 3. The van der Waals surface area contributed by atoms with Gasteiger partial charge in [0.1, 0.15) is 10.8 Å². The van der Waals surface area contributed by atoms with Crippen LogP contribution < -0.4 is 4.80 Å². The first kappa shape index (κ1) is 21.3. The summed E-state index contributed by atoms with van der Waals surface area (Å²) in [7, 11) is 0. The first-order chi connectivity index (χ1) is 12.4. The van der Waals surface area contributed by atoms with Gasteiger partial charge in [0.05, 0.1) is 11.1 Å². The van der Waals surface area contributed by atoms with Gasteiger partial charge in [-0.2, -0.15) is 23.3 Å². The second kappa shape index (κ2) is 7.92. The quantitative estimate of drug-likeness (QED) is 0.679. The van der Waals surface area contributed by atoms with Gasteiger partial charge < -0.3 is 0 Å². The van der Waals surface area contributed by atoms with Crippen LogP contribution in [0.1, 0.15) is 61.5 Å². The minimum Gasteiger partial charge on any atom is -0.267 e. The van der Waals surface area contributed by atoms with E-state index in [2.05, 4.69) is 10.1 Å². The van der Waals surface area contributed by atoms with E-state index in [-0.39, 0.29) is 5.41 Å². The summed E-state index contributed by atoms with van der Waals surface area (Å²) in [5.41, 5.74) is -1.91. The topological polar surface area (TPSA) is 47.2 Å². The van der Waals surface area contributed by atoms with Crippen molar-refractivity contribution in [3.8, 4) is 0 Å². The predicted octanol–water partition coefficient (Wildman–Crippen LogP) is 4.94. The Morgan fingerprint density at radius 2 is 1.93 bits per heavy atom. The van der Waals surface area contributed by atoms with E-state index in [0.717, 1.165) is 23.9 Å². The average molecular weight is 403 g/mol. The normalized spacial score (nSPS) is 13.3. The van der Waals surface area contributed by atoms with Crippen LogP contribution in [0.25, 0.3) is 0 Å². The van der Waals surface area contributed by atoms with Gasteiger partial charge in [-0.1, -0.05) is 45.5 Å². The van der Waals surface area contributed by atoms with Crippen molar-refractivity contribution in [2.24, 2.45) is 4.99 Å². The molecule has 0 bridgehead atoms. The van der Waals surface area contributed by atoms with Crippen LogP contribution in [-0.2, 0) is 18.1 Å². The monoisotopic (exact) mass is 403 g/mol. The van der Waals surface area contributed by atoms with E-state index in [9.17, 15) is 22.4 Å². The zero-order chi connectivity index (χ0) is 20.4. The molecule has 0 aliphatic heterocycles. The zero-order valence-corrected chi connectivity index (χ0v) is 16.3. The van der Waals surface area contributed by atoms with E-state index in [1.807, 2.05) is 27.7 Å². The van der Waals surface area contributed by atoms with Crippen LogP contribution in [-0.4, -0.2) is 15.7 Å². The van der Waals surface area contributed by atoms with Crippen molar-refractivity contribution in [1.82, 2.24) is 9.78 Å². The van der Waals surface area contributed by atoms with E-state index in [4.69, 9.17) is 0 Å². The third-order valence-corrected chi connectivity index (χ3v) is 5.08. The molecule has 2 rings (SSSR count). The van der Waals surface area contributed by atoms with E-state index in [1.165, 1.54) is 11.3 Å². The van der Waals surface area contributed by atoms with Crippen LogP contribution in [0.4, 0.5) is 17.6 Å². The number of hydrogen-bond donors (Lipinski definition) is 0. The summed E-state index contributed by atoms with van der Waals surface area (Å²) in [6, 6.07) is 1.79. The lowest BCUT2D eigenvalue weighted by atomic mass is 9.98. The maximum atomic E-state index is 14.0. The minimum atomic E-state index is -4.68. The number of hydrogen-bond acceptors (Lipinski definition) is 3. The molecule has 1 heterocycles. The molecular formula is C18H21F4N3OS. The highest BCUT2D eigenvalue weighted by Crippen LogP contribution is 2.30. The SMILES string of the molecule is CCCCn1nc(C(C)(C)C)sc1=NC(=O)c1ccc(C(F)(F)F)cc1F. The number of carbonyl (C=O) groups is 1. The molecule has 9 heteroatoms. The number of aromatic nitrogens is 2. The maximum absolute atomic E-state index is 14.0. The fourth-order valence-electron chi connectivity index (χ4n) is 2.16. The van der Waals surface area contributed by atoms with Crippen molar-refractivity contribution < 1.29 is 22.4 Å². The van der Waals surface area contributed by atoms with Crippen molar-refractivity contribution in [3.05, 3.63) is 45.0 Å². The molecule has 0 aliphatic rings. The summed E-state index contributed by atoms with van der Waals surface area (Å²) in [5, 5.41) is 5.24. The number of rotatable bonds is 4.